The number of carbonyl (C=O) groups is 1. The van der Waals surface area contributed by atoms with Crippen LogP contribution >= 0.6 is 0 Å². The quantitative estimate of drug-likeness (QED) is 0.657. The molecule has 1 aromatic carbocycles. The monoisotopic (exact) mass is 361 g/mol. The van der Waals surface area contributed by atoms with Crippen molar-refractivity contribution in [1.82, 2.24) is 9.97 Å². The molecule has 1 atom stereocenters. The van der Waals surface area contributed by atoms with E-state index in [1.807, 2.05) is 6.07 Å². The molecule has 0 fully saturated rings. The number of hydrogen-bond acceptors (Lipinski definition) is 4. The lowest BCUT2D eigenvalue weighted by atomic mass is 10.2. The van der Waals surface area contributed by atoms with Crippen molar-refractivity contribution < 1.29 is 9.00 Å². The largest absolute Gasteiger partial charge is 0.286 e. The molecule has 2 heterocycles. The van der Waals surface area contributed by atoms with Gasteiger partial charge in [0.15, 0.2) is 0 Å². The molecule has 3 rings (SSSR count). The van der Waals surface area contributed by atoms with Gasteiger partial charge in [0.25, 0.3) is 5.91 Å². The molecule has 0 saturated heterocycles. The zero-order valence-electron chi connectivity index (χ0n) is 14.0. The summed E-state index contributed by atoms with van der Waals surface area (Å²) in [4.78, 5) is 20.9. The summed E-state index contributed by atoms with van der Waals surface area (Å²) in [6.07, 6.45) is 7.71. The first-order chi connectivity index (χ1) is 12.5. The first-order valence-corrected chi connectivity index (χ1v) is 9.65. The fraction of sp³-hybridized carbons (Fsp3) is 0.0500. The maximum atomic E-state index is 12.7. The smallest absolute Gasteiger partial charge is 0.266 e. The van der Waals surface area contributed by atoms with Gasteiger partial charge in [-0.25, -0.2) is 4.21 Å². The minimum atomic E-state index is -2.82. The number of carbonyl (C=O) groups excluding carboxylic acids is 1. The summed E-state index contributed by atoms with van der Waals surface area (Å²) in [7, 11) is -2.82. The molecule has 0 aliphatic rings. The Balaban J connectivity index is 1.89. The predicted octanol–water partition coefficient (Wildman–Crippen LogP) is 3.17. The highest BCUT2D eigenvalue weighted by molar-refractivity contribution is 7.93. The minimum absolute atomic E-state index is 0.247. The van der Waals surface area contributed by atoms with Crippen LogP contribution in [-0.4, -0.2) is 26.3 Å². The fourth-order valence-electron chi connectivity index (χ4n) is 2.14. The molecule has 0 radical (unpaired) electrons. The molecule has 0 aliphatic carbocycles. The van der Waals surface area contributed by atoms with Gasteiger partial charge in [-0.15, -0.1) is 0 Å². The number of pyridine rings is 2. The Kier molecular flexibility index (Phi) is 5.20. The number of amides is 1. The Hall–Kier alpha value is -3.30. The first-order valence-electron chi connectivity index (χ1n) is 7.73. The third-order valence-electron chi connectivity index (χ3n) is 3.45. The average molecular weight is 361 g/mol. The van der Waals surface area contributed by atoms with E-state index in [-0.39, 0.29) is 5.56 Å². The third kappa shape index (κ3) is 4.41. The predicted molar refractivity (Wildman–Crippen MR) is 100.0 cm³/mol. The lowest BCUT2D eigenvalue weighted by molar-refractivity contribution is 0.100. The van der Waals surface area contributed by atoms with E-state index < -0.39 is 15.6 Å². The Morgan fingerprint density at radius 2 is 1.65 bits per heavy atom. The van der Waals surface area contributed by atoms with Crippen LogP contribution in [0.5, 0.6) is 0 Å². The highest BCUT2D eigenvalue weighted by Crippen LogP contribution is 2.13. The lowest BCUT2D eigenvalue weighted by Gasteiger charge is -2.03. The Labute approximate surface area is 152 Å². The first kappa shape index (κ1) is 17.5. The molecule has 0 saturated carbocycles. The normalized spacial score (nSPS) is 12.3. The van der Waals surface area contributed by atoms with E-state index in [9.17, 15) is 9.00 Å². The zero-order valence-corrected chi connectivity index (χ0v) is 14.8. The van der Waals surface area contributed by atoms with Crippen LogP contribution in [0.1, 0.15) is 21.5 Å². The molecule has 5 nitrogen and oxygen atoms in total. The standard InChI is InChI=1S/C20H15N3O2S/c1-26(25,19-5-3-2-4-6-19)23-20(24)18-13-17(14-22-15-18)8-7-16-9-11-21-12-10-16/h2-6,9-15H,1H3. The van der Waals surface area contributed by atoms with Gasteiger partial charge < -0.3 is 0 Å². The molecule has 6 heteroatoms. The van der Waals surface area contributed by atoms with Crippen LogP contribution in [0, 0.1) is 11.8 Å². The molecule has 1 unspecified atom stereocenters. The van der Waals surface area contributed by atoms with Crippen LogP contribution < -0.4 is 0 Å². The molecular weight excluding hydrogens is 346 g/mol. The van der Waals surface area contributed by atoms with E-state index in [4.69, 9.17) is 0 Å². The second-order valence-electron chi connectivity index (χ2n) is 5.46. The SMILES string of the molecule is CS(=O)(=NC(=O)c1cncc(C#Cc2ccncc2)c1)c1ccccc1. The van der Waals surface area contributed by atoms with Crippen LogP contribution in [-0.2, 0) is 9.73 Å². The number of hydrogen-bond donors (Lipinski definition) is 0. The summed E-state index contributed by atoms with van der Waals surface area (Å²) < 4.78 is 16.6. The minimum Gasteiger partial charge on any atom is -0.266 e. The van der Waals surface area contributed by atoms with Gasteiger partial charge in [-0.3, -0.25) is 14.8 Å². The molecule has 3 aromatic rings. The van der Waals surface area contributed by atoms with Crippen LogP contribution in [0.15, 0.2) is 82.6 Å². The number of aromatic nitrogens is 2. The Bertz CT molecular complexity index is 1110. The maximum Gasteiger partial charge on any atom is 0.286 e. The molecular formula is C20H15N3O2S. The molecule has 26 heavy (non-hydrogen) atoms. The van der Waals surface area contributed by atoms with Gasteiger partial charge >= 0.3 is 0 Å². The summed E-state index contributed by atoms with van der Waals surface area (Å²) in [6.45, 7) is 0. The Morgan fingerprint density at radius 3 is 2.38 bits per heavy atom. The third-order valence-corrected chi connectivity index (χ3v) is 5.12. The summed E-state index contributed by atoms with van der Waals surface area (Å²) in [5.74, 6) is 5.34. The van der Waals surface area contributed by atoms with E-state index in [2.05, 4.69) is 26.2 Å². The van der Waals surface area contributed by atoms with Gasteiger partial charge in [0.2, 0.25) is 0 Å². The van der Waals surface area contributed by atoms with Gasteiger partial charge in [-0.2, -0.15) is 4.36 Å². The van der Waals surface area contributed by atoms with Crippen LogP contribution in [0.4, 0.5) is 0 Å². The van der Waals surface area contributed by atoms with Crippen molar-refractivity contribution >= 4 is 15.6 Å². The number of rotatable bonds is 2. The van der Waals surface area contributed by atoms with Crippen molar-refractivity contribution in [3.8, 4) is 11.8 Å². The summed E-state index contributed by atoms with van der Waals surface area (Å²) in [6, 6.07) is 13.9. The van der Waals surface area contributed by atoms with Gasteiger partial charge in [0.05, 0.1) is 15.3 Å². The van der Waals surface area contributed by atoms with E-state index in [1.165, 1.54) is 12.5 Å². The molecule has 1 amide bonds. The van der Waals surface area contributed by atoms with Gasteiger partial charge in [-0.05, 0) is 30.3 Å². The lowest BCUT2D eigenvalue weighted by Crippen LogP contribution is -2.04. The summed E-state index contributed by atoms with van der Waals surface area (Å²) in [5.41, 5.74) is 1.63. The maximum absolute atomic E-state index is 12.7. The van der Waals surface area contributed by atoms with Crippen molar-refractivity contribution in [1.29, 1.82) is 0 Å². The van der Waals surface area contributed by atoms with Crippen molar-refractivity contribution in [3.05, 3.63) is 90.0 Å². The Morgan fingerprint density at radius 1 is 0.962 bits per heavy atom. The van der Waals surface area contributed by atoms with Crippen molar-refractivity contribution in [3.63, 3.8) is 0 Å². The molecule has 0 aliphatic heterocycles. The highest BCUT2D eigenvalue weighted by atomic mass is 32.2. The summed E-state index contributed by atoms with van der Waals surface area (Å²) >= 11 is 0. The average Bonchev–Trinajstić information content (AvgIpc) is 2.68. The van der Waals surface area contributed by atoms with Gasteiger partial charge in [-0.1, -0.05) is 30.0 Å². The second-order valence-corrected chi connectivity index (χ2v) is 7.72. The highest BCUT2D eigenvalue weighted by Gasteiger charge is 2.11. The molecule has 0 N–H and O–H groups in total. The second kappa shape index (κ2) is 7.72. The van der Waals surface area contributed by atoms with E-state index in [0.29, 0.717) is 10.5 Å². The molecule has 128 valence electrons. The van der Waals surface area contributed by atoms with Gasteiger partial charge in [0, 0.05) is 47.1 Å². The van der Waals surface area contributed by atoms with Crippen LogP contribution in [0.3, 0.4) is 0 Å². The van der Waals surface area contributed by atoms with Crippen LogP contribution in [0.25, 0.3) is 0 Å². The van der Waals surface area contributed by atoms with E-state index in [0.717, 1.165) is 5.56 Å². The van der Waals surface area contributed by atoms with Crippen molar-refractivity contribution in [2.45, 2.75) is 4.90 Å². The molecule has 0 spiro atoms. The molecule has 0 bridgehead atoms. The zero-order chi connectivity index (χ0) is 18.4. The number of benzene rings is 1. The number of nitrogens with zero attached hydrogens (tertiary/aromatic N) is 3. The van der Waals surface area contributed by atoms with Crippen molar-refractivity contribution in [2.24, 2.45) is 4.36 Å². The summed E-state index contributed by atoms with van der Waals surface area (Å²) in [5, 5.41) is 0. The van der Waals surface area contributed by atoms with E-state index in [1.54, 1.807) is 61.1 Å². The topological polar surface area (TPSA) is 72.3 Å². The van der Waals surface area contributed by atoms with Gasteiger partial charge in [0.1, 0.15) is 0 Å². The fourth-order valence-corrected chi connectivity index (χ4v) is 3.33. The molecule has 2 aromatic heterocycles. The van der Waals surface area contributed by atoms with Crippen LogP contribution in [0.2, 0.25) is 0 Å². The van der Waals surface area contributed by atoms with E-state index >= 15 is 0 Å². The van der Waals surface area contributed by atoms with Crippen molar-refractivity contribution in [2.75, 3.05) is 6.26 Å².